The SMILES string of the molecule is COc1ccccc1N=Nc1c(S(=O)(=O)[O-])cc2cc(NC(=O)Nc3ccc4c(O)c(N=Nc5cccc(C(=O)[O-])c5)c(S(=O)(=O)[O-])cc4c3)ccc2c1O.[Na+].[Na+].[Na+]. The van der Waals surface area contributed by atoms with Crippen molar-refractivity contribution in [3.05, 3.63) is 103 Å². The van der Waals surface area contributed by atoms with E-state index in [1.807, 2.05) is 0 Å². The fraction of sp³-hybridized carbons (Fsp3) is 0.0286. The zero-order valence-electron chi connectivity index (χ0n) is 30.8. The van der Waals surface area contributed by atoms with Crippen molar-refractivity contribution in [1.29, 1.82) is 0 Å². The van der Waals surface area contributed by atoms with Crippen LogP contribution in [-0.2, 0) is 20.2 Å². The summed E-state index contributed by atoms with van der Waals surface area (Å²) >= 11 is 0. The molecule has 6 rings (SSSR count). The number of benzene rings is 6. The van der Waals surface area contributed by atoms with Crippen molar-refractivity contribution in [1.82, 2.24) is 0 Å². The molecule has 0 aliphatic carbocycles. The number of methoxy groups -OCH3 is 1. The van der Waals surface area contributed by atoms with Crippen LogP contribution in [0.15, 0.2) is 127 Å². The number of rotatable bonds is 10. The van der Waals surface area contributed by atoms with Gasteiger partial charge in [-0.3, -0.25) is 0 Å². The van der Waals surface area contributed by atoms with Crippen molar-refractivity contribution >= 4 is 87.9 Å². The average Bonchev–Trinajstić information content (AvgIpc) is 3.13. The molecule has 0 spiro atoms. The van der Waals surface area contributed by atoms with Gasteiger partial charge in [-0.15, -0.1) is 15.3 Å². The summed E-state index contributed by atoms with van der Waals surface area (Å²) in [6.45, 7) is 0. The van der Waals surface area contributed by atoms with Gasteiger partial charge in [-0.1, -0.05) is 24.3 Å². The number of azo groups is 2. The maximum Gasteiger partial charge on any atom is 1.00 e. The number of para-hydroxylation sites is 1. The Morgan fingerprint density at radius 2 is 1.14 bits per heavy atom. The minimum Gasteiger partial charge on any atom is -0.744 e. The first-order valence-corrected chi connectivity index (χ1v) is 18.2. The van der Waals surface area contributed by atoms with Crippen LogP contribution in [0.5, 0.6) is 17.2 Å². The molecule has 280 valence electrons. The second-order valence-corrected chi connectivity index (χ2v) is 14.1. The Labute approximate surface area is 395 Å². The maximum absolute atomic E-state index is 13.0. The first-order valence-electron chi connectivity index (χ1n) is 15.4. The Kier molecular flexibility index (Phi) is 16.5. The Hall–Kier alpha value is -4.00. The summed E-state index contributed by atoms with van der Waals surface area (Å²) in [6, 6.07) is 20.2. The van der Waals surface area contributed by atoms with Crippen LogP contribution in [0, 0.1) is 0 Å². The number of urea groups is 1. The van der Waals surface area contributed by atoms with Crippen LogP contribution in [0.2, 0.25) is 0 Å². The van der Waals surface area contributed by atoms with E-state index in [0.717, 1.165) is 18.2 Å². The number of fused-ring (bicyclic) bond motifs is 2. The summed E-state index contributed by atoms with van der Waals surface area (Å²) in [5, 5.41) is 53.4. The Morgan fingerprint density at radius 1 is 0.638 bits per heavy atom. The van der Waals surface area contributed by atoms with Crippen LogP contribution in [-0.4, -0.2) is 55.3 Å². The molecule has 0 aliphatic rings. The zero-order chi connectivity index (χ0) is 39.7. The second-order valence-electron chi connectivity index (χ2n) is 11.4. The summed E-state index contributed by atoms with van der Waals surface area (Å²) in [5.74, 6) is -2.62. The number of aromatic carboxylic acids is 1. The number of carboxylic acids is 1. The quantitative estimate of drug-likeness (QED) is 0.0612. The van der Waals surface area contributed by atoms with E-state index in [-0.39, 0.29) is 139 Å². The van der Waals surface area contributed by atoms with E-state index in [1.54, 1.807) is 18.2 Å². The molecule has 0 radical (unpaired) electrons. The molecule has 58 heavy (non-hydrogen) atoms. The van der Waals surface area contributed by atoms with Crippen LogP contribution in [0.1, 0.15) is 10.4 Å². The van der Waals surface area contributed by atoms with Crippen molar-refractivity contribution in [2.24, 2.45) is 20.5 Å². The van der Waals surface area contributed by atoms with Gasteiger partial charge in [0.05, 0.1) is 28.6 Å². The predicted octanol–water partition coefficient (Wildman–Crippen LogP) is -2.93. The summed E-state index contributed by atoms with van der Waals surface area (Å²) < 4.78 is 78.4. The number of nitrogens with zero attached hydrogens (tertiary/aromatic N) is 4. The van der Waals surface area contributed by atoms with E-state index in [1.165, 1.54) is 67.8 Å². The van der Waals surface area contributed by atoms with Crippen molar-refractivity contribution in [2.75, 3.05) is 17.7 Å². The summed E-state index contributed by atoms with van der Waals surface area (Å²) in [7, 11) is -9.08. The number of anilines is 2. The number of aromatic hydroxyl groups is 2. The molecule has 0 atom stereocenters. The third kappa shape index (κ3) is 11.0. The fourth-order valence-corrected chi connectivity index (χ4v) is 6.64. The van der Waals surface area contributed by atoms with Gasteiger partial charge in [-0.25, -0.2) is 21.6 Å². The van der Waals surface area contributed by atoms with E-state index in [4.69, 9.17) is 4.74 Å². The summed E-state index contributed by atoms with van der Waals surface area (Å²) in [6.07, 6.45) is 0. The van der Waals surface area contributed by atoms with Gasteiger partial charge in [0, 0.05) is 22.1 Å². The van der Waals surface area contributed by atoms with Gasteiger partial charge in [-0.2, -0.15) is 5.11 Å². The maximum atomic E-state index is 13.0. The number of phenols is 2. The summed E-state index contributed by atoms with van der Waals surface area (Å²) in [4.78, 5) is 22.3. The number of hydrogen-bond donors (Lipinski definition) is 4. The molecule has 0 bridgehead atoms. The molecule has 2 amide bonds. The third-order valence-electron chi connectivity index (χ3n) is 7.85. The van der Waals surface area contributed by atoms with Gasteiger partial charge >= 0.3 is 94.7 Å². The van der Waals surface area contributed by atoms with Crippen LogP contribution >= 0.6 is 0 Å². The van der Waals surface area contributed by atoms with Crippen LogP contribution in [0.3, 0.4) is 0 Å². The molecule has 0 aliphatic heterocycles. The normalized spacial score (nSPS) is 11.4. The standard InChI is InChI=1S/C35H26N6O12S2.3Na/c1-53-27-8-3-2-7-26(27)39-41-31-29(55(50,51)52)17-20-15-22(10-12-25(20)33(31)43)37-35(46)36-21-9-11-24-19(14-21)16-28(54(47,48)49)30(32(24)42)40-38-23-6-4-5-18(13-23)34(44)45;;;/h2-17,42-43H,1H3,(H,44,45)(H2,36,37,46)(H,47,48,49)(H,50,51,52);;;/q;3*+1/p-3. The van der Waals surface area contributed by atoms with E-state index >= 15 is 0 Å². The van der Waals surface area contributed by atoms with Crippen molar-refractivity contribution in [2.45, 2.75) is 9.79 Å². The number of amides is 2. The molecule has 0 saturated heterocycles. The Morgan fingerprint density at radius 3 is 1.62 bits per heavy atom. The van der Waals surface area contributed by atoms with Gasteiger partial charge in [0.1, 0.15) is 43.0 Å². The number of hydrogen-bond acceptors (Lipinski definition) is 16. The fourth-order valence-electron chi connectivity index (χ4n) is 5.35. The molecule has 6 aromatic rings. The smallest absolute Gasteiger partial charge is 0.744 e. The monoisotopic (exact) mass is 852 g/mol. The second kappa shape index (κ2) is 19.8. The van der Waals surface area contributed by atoms with Crippen molar-refractivity contribution in [3.63, 3.8) is 0 Å². The number of carbonyl (C=O) groups is 2. The Bertz CT molecular complexity index is 2860. The van der Waals surface area contributed by atoms with Crippen LogP contribution < -0.4 is 109 Å². The zero-order valence-corrected chi connectivity index (χ0v) is 38.5. The number of phenolic OH excluding ortho intramolecular Hbond substituents is 2. The van der Waals surface area contributed by atoms with Crippen LogP contribution in [0.4, 0.5) is 38.9 Å². The van der Waals surface area contributed by atoms with Gasteiger partial charge in [-0.05, 0) is 89.1 Å². The van der Waals surface area contributed by atoms with Gasteiger partial charge in [0.15, 0.2) is 11.5 Å². The minimum atomic E-state index is -5.26. The van der Waals surface area contributed by atoms with Gasteiger partial charge < -0.3 is 44.6 Å². The van der Waals surface area contributed by atoms with E-state index in [9.17, 15) is 50.8 Å². The van der Waals surface area contributed by atoms with Crippen molar-refractivity contribution in [3.8, 4) is 17.2 Å². The third-order valence-corrected chi connectivity index (χ3v) is 9.55. The molecule has 23 heteroatoms. The molecule has 0 saturated carbocycles. The molecule has 18 nitrogen and oxygen atoms in total. The molecular weight excluding hydrogens is 830 g/mol. The predicted molar refractivity (Wildman–Crippen MR) is 192 cm³/mol. The topological polar surface area (TPSA) is 295 Å². The van der Waals surface area contributed by atoms with Crippen molar-refractivity contribution < 1.29 is 144 Å². The number of carbonyl (C=O) groups excluding carboxylic acids is 2. The van der Waals surface area contributed by atoms with E-state index < -0.39 is 64.9 Å². The molecule has 0 heterocycles. The average molecular weight is 853 g/mol. The molecule has 0 fully saturated rings. The molecular formula is C35H23N6Na3O12S2. The number of ether oxygens (including phenoxy) is 1. The number of nitrogens with one attached hydrogen (secondary N) is 2. The number of carboxylic acid groups (broad SMARTS) is 1. The summed E-state index contributed by atoms with van der Waals surface area (Å²) in [5.41, 5.74) is -1.27. The van der Waals surface area contributed by atoms with Crippen LogP contribution in [0.25, 0.3) is 21.5 Å². The van der Waals surface area contributed by atoms with Gasteiger partial charge in [0.2, 0.25) is 0 Å². The van der Waals surface area contributed by atoms with E-state index in [0.29, 0.717) is 5.75 Å². The first-order chi connectivity index (χ1) is 26.0. The molecule has 0 unspecified atom stereocenters. The minimum absolute atomic E-state index is 0. The molecule has 6 aromatic carbocycles. The molecule has 4 N–H and O–H groups in total. The van der Waals surface area contributed by atoms with Gasteiger partial charge in [0.25, 0.3) is 0 Å². The molecule has 0 aromatic heterocycles. The Balaban J connectivity index is 0.00000300. The van der Waals surface area contributed by atoms with E-state index in [2.05, 4.69) is 31.1 Å². The largest absolute Gasteiger partial charge is 1.00 e. The first kappa shape index (κ1) is 48.4.